The second kappa shape index (κ2) is 4.25. The van der Waals surface area contributed by atoms with E-state index in [0.717, 1.165) is 32.3 Å². The molecule has 0 aliphatic rings. The van der Waals surface area contributed by atoms with Crippen molar-refractivity contribution in [3.8, 4) is 11.5 Å². The zero-order valence-corrected chi connectivity index (χ0v) is 11.8. The van der Waals surface area contributed by atoms with Crippen molar-refractivity contribution in [3.05, 3.63) is 52.0 Å². The average Bonchev–Trinajstić information content (AvgIpc) is 2.80. The number of nitrogens with zero attached hydrogens (tertiary/aromatic N) is 1. The largest absolute Gasteiger partial charge is 0.436 e. The second-order valence-electron chi connectivity index (χ2n) is 4.41. The summed E-state index contributed by atoms with van der Waals surface area (Å²) in [5.74, 6) is 0.670. The molecule has 3 heteroatoms. The predicted molar refractivity (Wildman–Crippen MR) is 76.6 cm³/mol. The zero-order valence-electron chi connectivity index (χ0n) is 10.2. The number of oxazole rings is 1. The summed E-state index contributed by atoms with van der Waals surface area (Å²) >= 11 is 3.46. The maximum atomic E-state index is 5.89. The lowest BCUT2D eigenvalue weighted by Crippen LogP contribution is -1.79. The zero-order chi connectivity index (χ0) is 12.7. The van der Waals surface area contributed by atoms with Gasteiger partial charge in [0.1, 0.15) is 5.52 Å². The first-order valence-electron chi connectivity index (χ1n) is 5.78. The van der Waals surface area contributed by atoms with Gasteiger partial charge in [0, 0.05) is 10.0 Å². The van der Waals surface area contributed by atoms with Crippen LogP contribution in [0.25, 0.3) is 22.6 Å². The topological polar surface area (TPSA) is 26.0 Å². The second-order valence-corrected chi connectivity index (χ2v) is 5.32. The van der Waals surface area contributed by atoms with Crippen molar-refractivity contribution in [1.29, 1.82) is 0 Å². The summed E-state index contributed by atoms with van der Waals surface area (Å²) in [6.45, 7) is 4.09. The number of fused-ring (bicyclic) bond motifs is 1. The highest BCUT2D eigenvalue weighted by atomic mass is 79.9. The van der Waals surface area contributed by atoms with Crippen LogP contribution in [0.5, 0.6) is 0 Å². The molecule has 3 rings (SSSR count). The molecule has 0 saturated heterocycles. The quantitative estimate of drug-likeness (QED) is 0.640. The van der Waals surface area contributed by atoms with Crippen molar-refractivity contribution in [2.45, 2.75) is 13.8 Å². The van der Waals surface area contributed by atoms with Gasteiger partial charge in [0.25, 0.3) is 0 Å². The lowest BCUT2D eigenvalue weighted by Gasteiger charge is -1.95. The molecular weight excluding hydrogens is 290 g/mol. The van der Waals surface area contributed by atoms with Crippen LogP contribution in [0.15, 0.2) is 45.3 Å². The van der Waals surface area contributed by atoms with Crippen molar-refractivity contribution in [2.24, 2.45) is 0 Å². The Bertz CT molecular complexity index is 691. The third kappa shape index (κ3) is 1.85. The fraction of sp³-hybridized carbons (Fsp3) is 0.133. The molecule has 2 nitrogen and oxygen atoms in total. The first kappa shape index (κ1) is 11.5. The van der Waals surface area contributed by atoms with Crippen LogP contribution in [-0.2, 0) is 0 Å². The minimum atomic E-state index is 0.670. The van der Waals surface area contributed by atoms with Crippen LogP contribution in [0.2, 0.25) is 0 Å². The summed E-state index contributed by atoms with van der Waals surface area (Å²) in [5.41, 5.74) is 5.07. The summed E-state index contributed by atoms with van der Waals surface area (Å²) in [5, 5.41) is 0. The highest BCUT2D eigenvalue weighted by Crippen LogP contribution is 2.29. The molecule has 18 heavy (non-hydrogen) atoms. The normalized spacial score (nSPS) is 11.1. The number of hydrogen-bond acceptors (Lipinski definition) is 2. The Hall–Kier alpha value is -1.61. The molecule has 0 aliphatic carbocycles. The molecule has 0 aliphatic heterocycles. The SMILES string of the molecule is Cc1ccc(C)c2oc(-c3cccc(Br)c3)nc12. The third-order valence-electron chi connectivity index (χ3n) is 3.01. The molecule has 1 aromatic heterocycles. The lowest BCUT2D eigenvalue weighted by atomic mass is 10.1. The molecule has 0 amide bonds. The third-order valence-corrected chi connectivity index (χ3v) is 3.51. The van der Waals surface area contributed by atoms with Crippen LogP contribution in [0, 0.1) is 13.8 Å². The monoisotopic (exact) mass is 301 g/mol. The summed E-state index contributed by atoms with van der Waals surface area (Å²) in [6.07, 6.45) is 0. The lowest BCUT2D eigenvalue weighted by molar-refractivity contribution is 0.617. The Morgan fingerprint density at radius 1 is 1.06 bits per heavy atom. The van der Waals surface area contributed by atoms with Crippen LogP contribution in [0.3, 0.4) is 0 Å². The Morgan fingerprint density at radius 2 is 1.83 bits per heavy atom. The van der Waals surface area contributed by atoms with Crippen molar-refractivity contribution in [2.75, 3.05) is 0 Å². The van der Waals surface area contributed by atoms with Gasteiger partial charge in [0.2, 0.25) is 5.89 Å². The summed E-state index contributed by atoms with van der Waals surface area (Å²) in [6, 6.07) is 12.1. The van der Waals surface area contributed by atoms with Crippen molar-refractivity contribution in [1.82, 2.24) is 4.98 Å². The first-order chi connectivity index (χ1) is 8.65. The predicted octanol–water partition coefficient (Wildman–Crippen LogP) is 4.87. The Balaban J connectivity index is 2.26. The molecular formula is C15H12BrNO. The number of rotatable bonds is 1. The molecule has 0 unspecified atom stereocenters. The van der Waals surface area contributed by atoms with Crippen LogP contribution >= 0.6 is 15.9 Å². The molecule has 0 N–H and O–H groups in total. The van der Waals surface area contributed by atoms with Gasteiger partial charge in [-0.05, 0) is 43.2 Å². The van der Waals surface area contributed by atoms with E-state index in [1.807, 2.05) is 31.2 Å². The van der Waals surface area contributed by atoms with Gasteiger partial charge in [-0.1, -0.05) is 34.1 Å². The fourth-order valence-corrected chi connectivity index (χ4v) is 2.40. The van der Waals surface area contributed by atoms with E-state index in [4.69, 9.17) is 4.42 Å². The molecule has 3 aromatic rings. The molecule has 0 spiro atoms. The highest BCUT2D eigenvalue weighted by molar-refractivity contribution is 9.10. The van der Waals surface area contributed by atoms with E-state index in [-0.39, 0.29) is 0 Å². The van der Waals surface area contributed by atoms with E-state index >= 15 is 0 Å². The van der Waals surface area contributed by atoms with Crippen LogP contribution in [0.1, 0.15) is 11.1 Å². The van der Waals surface area contributed by atoms with E-state index < -0.39 is 0 Å². The average molecular weight is 302 g/mol. The molecule has 2 aromatic carbocycles. The van der Waals surface area contributed by atoms with Crippen LogP contribution in [-0.4, -0.2) is 4.98 Å². The van der Waals surface area contributed by atoms with E-state index in [2.05, 4.69) is 40.0 Å². The minimum absolute atomic E-state index is 0.670. The highest BCUT2D eigenvalue weighted by Gasteiger charge is 2.11. The molecule has 0 saturated carbocycles. The van der Waals surface area contributed by atoms with E-state index in [9.17, 15) is 0 Å². The molecule has 0 fully saturated rings. The van der Waals surface area contributed by atoms with E-state index in [0.29, 0.717) is 5.89 Å². The van der Waals surface area contributed by atoms with Crippen molar-refractivity contribution in [3.63, 3.8) is 0 Å². The molecule has 1 heterocycles. The van der Waals surface area contributed by atoms with Crippen LogP contribution in [0.4, 0.5) is 0 Å². The number of aryl methyl sites for hydroxylation is 2. The Kier molecular flexibility index (Phi) is 2.71. The molecule has 0 atom stereocenters. The van der Waals surface area contributed by atoms with Gasteiger partial charge in [-0.15, -0.1) is 0 Å². The summed E-state index contributed by atoms with van der Waals surface area (Å²) in [7, 11) is 0. The summed E-state index contributed by atoms with van der Waals surface area (Å²) < 4.78 is 6.91. The number of hydrogen-bond donors (Lipinski definition) is 0. The number of aromatic nitrogens is 1. The number of benzene rings is 2. The smallest absolute Gasteiger partial charge is 0.227 e. The van der Waals surface area contributed by atoms with E-state index in [1.165, 1.54) is 0 Å². The maximum Gasteiger partial charge on any atom is 0.227 e. The molecule has 0 bridgehead atoms. The maximum absolute atomic E-state index is 5.89. The standard InChI is InChI=1S/C15H12BrNO/c1-9-6-7-10(2)14-13(9)17-15(18-14)11-4-3-5-12(16)8-11/h3-8H,1-2H3. The number of halogens is 1. The van der Waals surface area contributed by atoms with Gasteiger partial charge in [-0.25, -0.2) is 4.98 Å². The first-order valence-corrected chi connectivity index (χ1v) is 6.57. The van der Waals surface area contributed by atoms with Crippen LogP contribution < -0.4 is 0 Å². The minimum Gasteiger partial charge on any atom is -0.436 e. The fourth-order valence-electron chi connectivity index (χ4n) is 2.00. The molecule has 0 radical (unpaired) electrons. The van der Waals surface area contributed by atoms with Gasteiger partial charge in [0.05, 0.1) is 0 Å². The Morgan fingerprint density at radius 3 is 2.56 bits per heavy atom. The van der Waals surface area contributed by atoms with Gasteiger partial charge in [-0.2, -0.15) is 0 Å². The van der Waals surface area contributed by atoms with Gasteiger partial charge >= 0.3 is 0 Å². The Labute approximate surface area is 114 Å². The van der Waals surface area contributed by atoms with Crippen molar-refractivity contribution >= 4 is 27.0 Å². The van der Waals surface area contributed by atoms with Gasteiger partial charge in [-0.3, -0.25) is 0 Å². The van der Waals surface area contributed by atoms with Gasteiger partial charge < -0.3 is 4.42 Å². The molecule has 90 valence electrons. The summed E-state index contributed by atoms with van der Waals surface area (Å²) in [4.78, 5) is 4.60. The van der Waals surface area contributed by atoms with Gasteiger partial charge in [0.15, 0.2) is 5.58 Å². The van der Waals surface area contributed by atoms with E-state index in [1.54, 1.807) is 0 Å². The van der Waals surface area contributed by atoms with Crippen molar-refractivity contribution < 1.29 is 4.42 Å².